The van der Waals surface area contributed by atoms with Crippen LogP contribution in [0.2, 0.25) is 0 Å². The van der Waals surface area contributed by atoms with Crippen LogP contribution in [-0.4, -0.2) is 22.2 Å². The van der Waals surface area contributed by atoms with E-state index in [4.69, 9.17) is 0 Å². The number of fused-ring (bicyclic) bond motifs is 6. The van der Waals surface area contributed by atoms with E-state index in [0.717, 1.165) is 44.5 Å². The Morgan fingerprint density at radius 3 is 0.794 bits per heavy atom. The Labute approximate surface area is 195 Å². The Morgan fingerprint density at radius 2 is 0.588 bits per heavy atom. The number of hydrogen-bond donors (Lipinski definition) is 2. The summed E-state index contributed by atoms with van der Waals surface area (Å²) >= 11 is 0. The SMILES string of the molecule is O=C(O)C(C(C(=O)O)=C1c2ccccc2-c2ccccc21)=C1c2ccccc2-c2ccccc21. The summed E-state index contributed by atoms with van der Waals surface area (Å²) in [6, 6.07) is 30.2. The minimum absolute atomic E-state index is 0.202. The van der Waals surface area contributed by atoms with Crippen LogP contribution in [0.4, 0.5) is 0 Å². The average molecular weight is 442 g/mol. The molecule has 0 aliphatic heterocycles. The van der Waals surface area contributed by atoms with Gasteiger partial charge in [-0.1, -0.05) is 97.1 Å². The second-order valence-electron chi connectivity index (χ2n) is 8.29. The molecular weight excluding hydrogens is 424 g/mol. The number of carboxylic acid groups (broad SMARTS) is 2. The van der Waals surface area contributed by atoms with Crippen LogP contribution in [0.1, 0.15) is 22.3 Å². The molecule has 0 spiro atoms. The van der Waals surface area contributed by atoms with Gasteiger partial charge < -0.3 is 10.2 Å². The molecule has 0 bridgehead atoms. The van der Waals surface area contributed by atoms with E-state index in [1.54, 1.807) is 0 Å². The lowest BCUT2D eigenvalue weighted by Gasteiger charge is -2.15. The van der Waals surface area contributed by atoms with Crippen molar-refractivity contribution in [3.8, 4) is 22.3 Å². The highest BCUT2D eigenvalue weighted by Crippen LogP contribution is 2.50. The van der Waals surface area contributed by atoms with Crippen molar-refractivity contribution < 1.29 is 19.8 Å². The van der Waals surface area contributed by atoms with E-state index in [-0.39, 0.29) is 11.1 Å². The maximum Gasteiger partial charge on any atom is 0.337 e. The highest BCUT2D eigenvalue weighted by Gasteiger charge is 2.36. The van der Waals surface area contributed by atoms with Crippen LogP contribution in [0, 0.1) is 0 Å². The molecule has 162 valence electrons. The van der Waals surface area contributed by atoms with Crippen LogP contribution in [0.3, 0.4) is 0 Å². The molecule has 0 amide bonds. The number of benzene rings is 4. The zero-order valence-corrected chi connectivity index (χ0v) is 17.9. The van der Waals surface area contributed by atoms with Gasteiger partial charge in [-0.05, 0) is 44.5 Å². The van der Waals surface area contributed by atoms with Gasteiger partial charge in [0, 0.05) is 11.1 Å². The first-order valence-corrected chi connectivity index (χ1v) is 10.9. The smallest absolute Gasteiger partial charge is 0.337 e. The normalized spacial score (nSPS) is 12.5. The third kappa shape index (κ3) is 2.72. The van der Waals surface area contributed by atoms with Crippen LogP contribution >= 0.6 is 0 Å². The molecule has 4 aromatic carbocycles. The Bertz CT molecular complexity index is 1390. The van der Waals surface area contributed by atoms with Gasteiger partial charge in [0.25, 0.3) is 0 Å². The minimum Gasteiger partial charge on any atom is -0.478 e. The summed E-state index contributed by atoms with van der Waals surface area (Å²) in [5.74, 6) is -2.54. The molecule has 2 aliphatic rings. The molecule has 4 aromatic rings. The maximum absolute atomic E-state index is 12.9. The van der Waals surface area contributed by atoms with Gasteiger partial charge in [-0.3, -0.25) is 0 Å². The largest absolute Gasteiger partial charge is 0.478 e. The van der Waals surface area contributed by atoms with Gasteiger partial charge in [-0.25, -0.2) is 9.59 Å². The van der Waals surface area contributed by atoms with E-state index >= 15 is 0 Å². The Hall–Kier alpha value is -4.70. The third-order valence-corrected chi connectivity index (χ3v) is 6.54. The first-order chi connectivity index (χ1) is 16.6. The van der Waals surface area contributed by atoms with E-state index < -0.39 is 11.9 Å². The molecule has 2 aliphatic carbocycles. The predicted molar refractivity (Wildman–Crippen MR) is 131 cm³/mol. The molecule has 4 heteroatoms. The monoisotopic (exact) mass is 442 g/mol. The first-order valence-electron chi connectivity index (χ1n) is 10.9. The summed E-state index contributed by atoms with van der Waals surface area (Å²) in [5, 5.41) is 21.0. The van der Waals surface area contributed by atoms with E-state index in [9.17, 15) is 19.8 Å². The lowest BCUT2D eigenvalue weighted by Crippen LogP contribution is -2.15. The van der Waals surface area contributed by atoms with Crippen LogP contribution < -0.4 is 0 Å². The summed E-state index contributed by atoms with van der Waals surface area (Å²) in [6.07, 6.45) is 0. The summed E-state index contributed by atoms with van der Waals surface area (Å²) in [5.41, 5.74) is 6.94. The molecule has 0 heterocycles. The highest BCUT2D eigenvalue weighted by atomic mass is 16.4. The minimum atomic E-state index is -1.27. The quantitative estimate of drug-likeness (QED) is 0.324. The van der Waals surface area contributed by atoms with Crippen LogP contribution in [0.5, 0.6) is 0 Å². The fourth-order valence-electron chi connectivity index (χ4n) is 5.25. The molecule has 6 rings (SSSR count). The van der Waals surface area contributed by atoms with Gasteiger partial charge in [0.2, 0.25) is 0 Å². The highest BCUT2D eigenvalue weighted by molar-refractivity contribution is 6.22. The zero-order chi connectivity index (χ0) is 23.4. The van der Waals surface area contributed by atoms with Gasteiger partial charge in [0.1, 0.15) is 0 Å². The number of hydrogen-bond acceptors (Lipinski definition) is 2. The molecule has 0 fully saturated rings. The number of carbonyl (C=O) groups is 2. The van der Waals surface area contributed by atoms with Crippen molar-refractivity contribution in [2.24, 2.45) is 0 Å². The van der Waals surface area contributed by atoms with Crippen molar-refractivity contribution in [2.75, 3.05) is 0 Å². The molecule has 0 atom stereocenters. The van der Waals surface area contributed by atoms with Gasteiger partial charge in [-0.15, -0.1) is 0 Å². The molecule has 4 nitrogen and oxygen atoms in total. The summed E-state index contributed by atoms with van der Waals surface area (Å²) < 4.78 is 0. The molecular formula is C30H18O4. The van der Waals surface area contributed by atoms with Gasteiger partial charge in [0.05, 0.1) is 11.1 Å². The lowest BCUT2D eigenvalue weighted by molar-refractivity contribution is -0.136. The van der Waals surface area contributed by atoms with E-state index in [0.29, 0.717) is 11.1 Å². The molecule has 0 unspecified atom stereocenters. The molecule has 0 radical (unpaired) electrons. The lowest BCUT2D eigenvalue weighted by atomic mass is 9.87. The van der Waals surface area contributed by atoms with Crippen molar-refractivity contribution in [3.05, 3.63) is 130 Å². The van der Waals surface area contributed by atoms with Crippen molar-refractivity contribution in [1.29, 1.82) is 0 Å². The molecule has 0 aromatic heterocycles. The fraction of sp³-hybridized carbons (Fsp3) is 0. The van der Waals surface area contributed by atoms with Crippen molar-refractivity contribution in [2.45, 2.75) is 0 Å². The number of rotatable bonds is 3. The third-order valence-electron chi connectivity index (χ3n) is 6.54. The molecule has 2 N–H and O–H groups in total. The van der Waals surface area contributed by atoms with Gasteiger partial charge >= 0.3 is 11.9 Å². The van der Waals surface area contributed by atoms with Crippen molar-refractivity contribution >= 4 is 23.1 Å². The second kappa shape index (κ2) is 7.42. The van der Waals surface area contributed by atoms with E-state index in [1.165, 1.54) is 0 Å². The molecule has 0 saturated carbocycles. The van der Waals surface area contributed by atoms with E-state index in [2.05, 4.69) is 0 Å². The number of aliphatic carboxylic acids is 2. The Balaban J connectivity index is 1.80. The molecule has 0 saturated heterocycles. The standard InChI is InChI=1S/C30H18O4/c31-29(32)27(25-21-13-5-1-9-17(21)18-10-2-6-14-22(18)25)28(30(33)34)26-23-15-7-3-11-19(23)20-12-4-8-16-24(20)26/h1-16H,(H,31,32)(H,33,34). The maximum atomic E-state index is 12.9. The van der Waals surface area contributed by atoms with Crippen molar-refractivity contribution in [3.63, 3.8) is 0 Å². The first kappa shape index (κ1) is 19.9. The van der Waals surface area contributed by atoms with Crippen molar-refractivity contribution in [1.82, 2.24) is 0 Å². The van der Waals surface area contributed by atoms with E-state index in [1.807, 2.05) is 97.1 Å². The number of carboxylic acids is 2. The second-order valence-corrected chi connectivity index (χ2v) is 8.29. The topological polar surface area (TPSA) is 74.6 Å². The summed E-state index contributed by atoms with van der Waals surface area (Å²) in [6.45, 7) is 0. The molecule has 34 heavy (non-hydrogen) atoms. The summed E-state index contributed by atoms with van der Waals surface area (Å²) in [7, 11) is 0. The summed E-state index contributed by atoms with van der Waals surface area (Å²) in [4.78, 5) is 25.8. The predicted octanol–water partition coefficient (Wildman–Crippen LogP) is 6.12. The fourth-order valence-corrected chi connectivity index (χ4v) is 5.25. The van der Waals surface area contributed by atoms with Gasteiger partial charge in [-0.2, -0.15) is 0 Å². The Kier molecular flexibility index (Phi) is 4.36. The van der Waals surface area contributed by atoms with Crippen LogP contribution in [0.15, 0.2) is 108 Å². The Morgan fingerprint density at radius 1 is 0.382 bits per heavy atom. The zero-order valence-electron chi connectivity index (χ0n) is 17.9. The average Bonchev–Trinajstić information content (AvgIpc) is 3.35. The van der Waals surface area contributed by atoms with Gasteiger partial charge in [0.15, 0.2) is 0 Å². The van der Waals surface area contributed by atoms with Crippen LogP contribution in [-0.2, 0) is 9.59 Å². The van der Waals surface area contributed by atoms with Crippen LogP contribution in [0.25, 0.3) is 33.4 Å².